The predicted octanol–water partition coefficient (Wildman–Crippen LogP) is 8.15. The first-order valence-electron chi connectivity index (χ1n) is 13.4. The predicted molar refractivity (Wildman–Crippen MR) is 156 cm³/mol. The highest BCUT2D eigenvalue weighted by Gasteiger charge is 2.11. The van der Waals surface area contributed by atoms with Crippen LogP contribution in [0.1, 0.15) is 66.6 Å². The van der Waals surface area contributed by atoms with Crippen molar-refractivity contribution in [2.45, 2.75) is 56.6 Å². The Bertz CT molecular complexity index is 1160. The van der Waals surface area contributed by atoms with E-state index in [-0.39, 0.29) is 11.9 Å². The highest BCUT2D eigenvalue weighted by Crippen LogP contribution is 2.28. The molecule has 38 heavy (non-hydrogen) atoms. The molecule has 3 aromatic carbocycles. The van der Waals surface area contributed by atoms with Crippen LogP contribution in [-0.4, -0.2) is 25.2 Å². The molecule has 4 nitrogen and oxygen atoms in total. The van der Waals surface area contributed by atoms with Crippen molar-refractivity contribution in [2.75, 3.05) is 13.2 Å². The quantitative estimate of drug-likeness (QED) is 0.113. The standard InChI is InChI=1S/C33H38O4S/c1-3-36-32(34)17-11-8-12-26(24-27-19-22-30(23-20-27)33(35)37-4-2)18-21-29-15-9-10-16-31(29)38-25-28-13-6-5-7-14-28/h5-7,9-10,13-16,18-23,26H,3-4,8,11-12,17,24-25H2,1-2H3/b21-18+. The number of hydrogen-bond acceptors (Lipinski definition) is 5. The lowest BCUT2D eigenvalue weighted by molar-refractivity contribution is -0.143. The summed E-state index contributed by atoms with van der Waals surface area (Å²) in [6, 6.07) is 26.7. The molecule has 3 aromatic rings. The lowest BCUT2D eigenvalue weighted by Crippen LogP contribution is -2.06. The summed E-state index contributed by atoms with van der Waals surface area (Å²) in [4.78, 5) is 25.0. The van der Waals surface area contributed by atoms with Crippen LogP contribution in [0.4, 0.5) is 0 Å². The second kappa shape index (κ2) is 16.5. The van der Waals surface area contributed by atoms with Crippen molar-refractivity contribution < 1.29 is 19.1 Å². The van der Waals surface area contributed by atoms with Crippen LogP contribution in [0.5, 0.6) is 0 Å². The smallest absolute Gasteiger partial charge is 0.338 e. The van der Waals surface area contributed by atoms with Gasteiger partial charge >= 0.3 is 11.9 Å². The van der Waals surface area contributed by atoms with Gasteiger partial charge in [0, 0.05) is 17.1 Å². The fraction of sp³-hybridized carbons (Fsp3) is 0.333. The van der Waals surface area contributed by atoms with Crippen molar-refractivity contribution in [3.63, 3.8) is 0 Å². The van der Waals surface area contributed by atoms with Gasteiger partial charge in [0.05, 0.1) is 18.8 Å². The summed E-state index contributed by atoms with van der Waals surface area (Å²) in [5, 5.41) is 0. The maximum atomic E-state index is 12.0. The Morgan fingerprint density at radius 3 is 2.26 bits per heavy atom. The monoisotopic (exact) mass is 530 g/mol. The number of carbonyl (C=O) groups excluding carboxylic acids is 2. The average Bonchev–Trinajstić information content (AvgIpc) is 2.94. The summed E-state index contributed by atoms with van der Waals surface area (Å²) >= 11 is 1.85. The van der Waals surface area contributed by atoms with Crippen molar-refractivity contribution in [1.82, 2.24) is 0 Å². The van der Waals surface area contributed by atoms with Crippen molar-refractivity contribution in [3.8, 4) is 0 Å². The normalized spacial score (nSPS) is 11.8. The largest absolute Gasteiger partial charge is 0.466 e. The number of esters is 2. The van der Waals surface area contributed by atoms with Gasteiger partial charge in [-0.2, -0.15) is 0 Å². The Morgan fingerprint density at radius 1 is 0.816 bits per heavy atom. The van der Waals surface area contributed by atoms with Crippen LogP contribution >= 0.6 is 11.8 Å². The van der Waals surface area contributed by atoms with Gasteiger partial charge in [0.25, 0.3) is 0 Å². The van der Waals surface area contributed by atoms with Gasteiger partial charge in [-0.1, -0.05) is 79.2 Å². The molecule has 0 aliphatic rings. The van der Waals surface area contributed by atoms with Gasteiger partial charge in [-0.15, -0.1) is 11.8 Å². The molecule has 0 fully saturated rings. The summed E-state index contributed by atoms with van der Waals surface area (Å²) in [7, 11) is 0. The number of rotatable bonds is 15. The van der Waals surface area contributed by atoms with E-state index in [9.17, 15) is 9.59 Å². The van der Waals surface area contributed by atoms with E-state index in [2.05, 4.69) is 60.7 Å². The minimum atomic E-state index is -0.293. The number of benzene rings is 3. The Morgan fingerprint density at radius 2 is 1.53 bits per heavy atom. The zero-order chi connectivity index (χ0) is 27.0. The van der Waals surface area contributed by atoms with Crippen molar-refractivity contribution in [3.05, 3.63) is 107 Å². The molecule has 0 saturated heterocycles. The highest BCUT2D eigenvalue weighted by atomic mass is 32.2. The summed E-state index contributed by atoms with van der Waals surface area (Å²) in [5.74, 6) is 0.811. The third-order valence-electron chi connectivity index (χ3n) is 6.18. The molecule has 0 aliphatic heterocycles. The molecule has 0 aliphatic carbocycles. The van der Waals surface area contributed by atoms with Crippen LogP contribution in [0, 0.1) is 5.92 Å². The third kappa shape index (κ3) is 10.2. The van der Waals surface area contributed by atoms with Crippen molar-refractivity contribution >= 4 is 29.8 Å². The molecule has 0 amide bonds. The van der Waals surface area contributed by atoms with Gasteiger partial charge in [0.1, 0.15) is 0 Å². The average molecular weight is 531 g/mol. The lowest BCUT2D eigenvalue weighted by Gasteiger charge is -2.14. The number of carbonyl (C=O) groups is 2. The van der Waals surface area contributed by atoms with E-state index < -0.39 is 0 Å². The number of allylic oxidation sites excluding steroid dienone is 1. The molecule has 1 unspecified atom stereocenters. The minimum absolute atomic E-state index is 0.126. The first kappa shape index (κ1) is 29.2. The van der Waals surface area contributed by atoms with Crippen LogP contribution in [0.15, 0.2) is 89.8 Å². The SMILES string of the molecule is CCOC(=O)CCCCC(/C=C/c1ccccc1SCc1ccccc1)Cc1ccc(C(=O)OCC)cc1. The summed E-state index contributed by atoms with van der Waals surface area (Å²) in [6.45, 7) is 4.43. The maximum Gasteiger partial charge on any atom is 0.338 e. The molecule has 200 valence electrons. The zero-order valence-corrected chi connectivity index (χ0v) is 23.3. The van der Waals surface area contributed by atoms with Crippen LogP contribution < -0.4 is 0 Å². The van der Waals surface area contributed by atoms with Gasteiger partial charge in [-0.05, 0) is 73.9 Å². The second-order valence-electron chi connectivity index (χ2n) is 9.10. The summed E-state index contributed by atoms with van der Waals surface area (Å²) in [5.41, 5.74) is 4.26. The minimum Gasteiger partial charge on any atom is -0.466 e. The van der Waals surface area contributed by atoms with E-state index in [1.165, 1.54) is 21.6 Å². The van der Waals surface area contributed by atoms with Gasteiger partial charge in [0.15, 0.2) is 0 Å². The molecule has 0 N–H and O–H groups in total. The van der Waals surface area contributed by atoms with E-state index in [1.807, 2.05) is 55.9 Å². The number of unbranched alkanes of at least 4 members (excludes halogenated alkanes) is 1. The first-order valence-corrected chi connectivity index (χ1v) is 14.4. The summed E-state index contributed by atoms with van der Waals surface area (Å²) in [6.07, 6.45) is 8.57. The Kier molecular flexibility index (Phi) is 12.7. The molecular weight excluding hydrogens is 492 g/mol. The molecule has 0 radical (unpaired) electrons. The zero-order valence-electron chi connectivity index (χ0n) is 22.4. The number of ether oxygens (including phenoxy) is 2. The first-order chi connectivity index (χ1) is 18.6. The van der Waals surface area contributed by atoms with Crippen molar-refractivity contribution in [1.29, 1.82) is 0 Å². The molecule has 5 heteroatoms. The molecular formula is C33H38O4S. The van der Waals surface area contributed by atoms with Crippen molar-refractivity contribution in [2.24, 2.45) is 5.92 Å². The van der Waals surface area contributed by atoms with E-state index in [0.29, 0.717) is 31.1 Å². The molecule has 0 saturated carbocycles. The fourth-order valence-electron chi connectivity index (χ4n) is 4.19. The van der Waals surface area contributed by atoms with E-state index in [1.54, 1.807) is 0 Å². The number of thioether (sulfide) groups is 1. The molecule has 1 atom stereocenters. The fourth-order valence-corrected chi connectivity index (χ4v) is 5.19. The van der Waals surface area contributed by atoms with E-state index in [4.69, 9.17) is 9.47 Å². The van der Waals surface area contributed by atoms with Crippen LogP contribution in [0.2, 0.25) is 0 Å². The summed E-state index contributed by atoms with van der Waals surface area (Å²) < 4.78 is 10.2. The Hall–Kier alpha value is -3.31. The molecule has 0 aromatic heterocycles. The Balaban J connectivity index is 1.69. The molecule has 3 rings (SSSR count). The second-order valence-corrected chi connectivity index (χ2v) is 10.1. The van der Waals surface area contributed by atoms with Crippen LogP contribution in [0.25, 0.3) is 6.08 Å². The number of hydrogen-bond donors (Lipinski definition) is 0. The molecule has 0 heterocycles. The van der Waals surface area contributed by atoms with Gasteiger partial charge < -0.3 is 9.47 Å². The van der Waals surface area contributed by atoms with Crippen LogP contribution in [-0.2, 0) is 26.4 Å². The van der Waals surface area contributed by atoms with Gasteiger partial charge in [0.2, 0.25) is 0 Å². The third-order valence-corrected chi connectivity index (χ3v) is 7.34. The topological polar surface area (TPSA) is 52.6 Å². The van der Waals surface area contributed by atoms with E-state index >= 15 is 0 Å². The van der Waals surface area contributed by atoms with E-state index in [0.717, 1.165) is 31.4 Å². The molecule has 0 bridgehead atoms. The lowest BCUT2D eigenvalue weighted by atomic mass is 9.92. The van der Waals surface area contributed by atoms with Gasteiger partial charge in [-0.3, -0.25) is 4.79 Å². The molecule has 0 spiro atoms. The van der Waals surface area contributed by atoms with Gasteiger partial charge in [-0.25, -0.2) is 4.79 Å². The Labute approximate surface area is 231 Å². The maximum absolute atomic E-state index is 12.0. The highest BCUT2D eigenvalue weighted by molar-refractivity contribution is 7.98. The van der Waals surface area contributed by atoms with Crippen LogP contribution in [0.3, 0.4) is 0 Å².